The Hall–Kier alpha value is -4.62. The van der Waals surface area contributed by atoms with Crippen LogP contribution in [0.25, 0.3) is 11.1 Å². The number of benzene rings is 2. The van der Waals surface area contributed by atoms with Gasteiger partial charge in [-0.15, -0.1) is 0 Å². The molecule has 0 saturated carbocycles. The summed E-state index contributed by atoms with van der Waals surface area (Å²) in [6.07, 6.45) is -0.133. The highest BCUT2D eigenvalue weighted by molar-refractivity contribution is 5.95. The minimum Gasteiger partial charge on any atom is -0.497 e. The van der Waals surface area contributed by atoms with Crippen LogP contribution in [-0.4, -0.2) is 49.9 Å². The highest BCUT2D eigenvalue weighted by atomic mass is 16.6. The lowest BCUT2D eigenvalue weighted by Gasteiger charge is -2.19. The molecule has 3 aromatic rings. The average Bonchev–Trinajstić information content (AvgIpc) is 3.30. The average molecular weight is 500 g/mol. The largest absolute Gasteiger partial charge is 0.497 e. The summed E-state index contributed by atoms with van der Waals surface area (Å²) < 4.78 is 16.2. The van der Waals surface area contributed by atoms with E-state index in [9.17, 15) is 14.9 Å². The van der Waals surface area contributed by atoms with E-state index in [1.54, 1.807) is 31.4 Å². The fourth-order valence-electron chi connectivity index (χ4n) is 4.29. The normalized spacial score (nSPS) is 16.3. The highest BCUT2D eigenvalue weighted by Crippen LogP contribution is 2.31. The Labute approximate surface area is 213 Å². The van der Waals surface area contributed by atoms with E-state index in [-0.39, 0.29) is 18.6 Å². The van der Waals surface area contributed by atoms with Gasteiger partial charge in [0.1, 0.15) is 17.7 Å². The minimum absolute atomic E-state index is 0.0545. The molecule has 0 unspecified atom stereocenters. The number of rotatable bonds is 8. The van der Waals surface area contributed by atoms with Crippen molar-refractivity contribution in [2.75, 3.05) is 37.0 Å². The molecule has 1 fully saturated rings. The lowest BCUT2D eigenvalue weighted by atomic mass is 9.98. The Morgan fingerprint density at radius 1 is 1.22 bits per heavy atom. The second kappa shape index (κ2) is 10.6. The summed E-state index contributed by atoms with van der Waals surface area (Å²) in [5.74, 6) is 1.57. The van der Waals surface area contributed by atoms with E-state index in [4.69, 9.17) is 14.2 Å². The van der Waals surface area contributed by atoms with E-state index in [1.165, 1.54) is 4.90 Å². The van der Waals surface area contributed by atoms with Crippen LogP contribution in [-0.2, 0) is 16.1 Å². The molecule has 37 heavy (non-hydrogen) atoms. The van der Waals surface area contributed by atoms with E-state index < -0.39 is 6.09 Å². The number of hydrogen-bond donors (Lipinski definition) is 2. The maximum absolute atomic E-state index is 12.4. The van der Waals surface area contributed by atoms with Gasteiger partial charge in [-0.3, -0.25) is 9.69 Å². The monoisotopic (exact) mass is 499 g/mol. The van der Waals surface area contributed by atoms with E-state index in [1.807, 2.05) is 30.3 Å². The third-order valence-electron chi connectivity index (χ3n) is 6.17. The SMILES string of the molecule is COc1ccc(C#N)c(-c2cccc(CNCC[C@H]3CN(c4ccc5c(n4)NC(=O)CO5)C(=O)O3)c2)c1. The summed E-state index contributed by atoms with van der Waals surface area (Å²) in [6, 6.07) is 19.0. The first-order valence-electron chi connectivity index (χ1n) is 11.8. The number of cyclic esters (lactones) is 1. The molecular weight excluding hydrogens is 474 g/mol. The van der Waals surface area contributed by atoms with Gasteiger partial charge >= 0.3 is 6.09 Å². The second-order valence-corrected chi connectivity index (χ2v) is 8.66. The maximum atomic E-state index is 12.4. The molecule has 5 rings (SSSR count). The first-order valence-corrected chi connectivity index (χ1v) is 11.8. The summed E-state index contributed by atoms with van der Waals surface area (Å²) in [5, 5.41) is 15.5. The van der Waals surface area contributed by atoms with E-state index >= 15 is 0 Å². The number of amides is 2. The van der Waals surface area contributed by atoms with Crippen LogP contribution < -0.4 is 25.0 Å². The zero-order valence-corrected chi connectivity index (χ0v) is 20.2. The Balaban J connectivity index is 1.16. The van der Waals surface area contributed by atoms with Gasteiger partial charge in [-0.25, -0.2) is 9.78 Å². The number of carbonyl (C=O) groups is 2. The number of nitrogens with zero attached hydrogens (tertiary/aromatic N) is 3. The fourth-order valence-corrected chi connectivity index (χ4v) is 4.29. The van der Waals surface area contributed by atoms with Crippen LogP contribution in [0.15, 0.2) is 54.6 Å². The predicted octanol–water partition coefficient (Wildman–Crippen LogP) is 3.46. The summed E-state index contributed by atoms with van der Waals surface area (Å²) in [7, 11) is 1.60. The number of fused-ring (bicyclic) bond motifs is 1. The van der Waals surface area contributed by atoms with Crippen molar-refractivity contribution in [2.45, 2.75) is 19.1 Å². The van der Waals surface area contributed by atoms with Crippen molar-refractivity contribution in [1.29, 1.82) is 5.26 Å². The van der Waals surface area contributed by atoms with Crippen molar-refractivity contribution in [3.05, 3.63) is 65.7 Å². The molecule has 2 N–H and O–H groups in total. The van der Waals surface area contributed by atoms with E-state index in [0.717, 1.165) is 16.7 Å². The Bertz CT molecular complexity index is 1390. The first kappa shape index (κ1) is 24.1. The minimum atomic E-state index is -0.472. The molecule has 1 atom stereocenters. The highest BCUT2D eigenvalue weighted by Gasteiger charge is 2.33. The smallest absolute Gasteiger partial charge is 0.415 e. The van der Waals surface area contributed by atoms with Gasteiger partial charge in [0.25, 0.3) is 5.91 Å². The lowest BCUT2D eigenvalue weighted by molar-refractivity contribution is -0.118. The Kier molecular flexibility index (Phi) is 6.87. The molecule has 0 radical (unpaired) electrons. The van der Waals surface area contributed by atoms with Crippen LogP contribution >= 0.6 is 0 Å². The lowest BCUT2D eigenvalue weighted by Crippen LogP contribution is -2.29. The van der Waals surface area contributed by atoms with Gasteiger partial charge in [0.2, 0.25) is 0 Å². The van der Waals surface area contributed by atoms with E-state index in [2.05, 4.69) is 21.7 Å². The van der Waals surface area contributed by atoms with Crippen molar-refractivity contribution < 1.29 is 23.8 Å². The van der Waals surface area contributed by atoms with Crippen LogP contribution in [0.2, 0.25) is 0 Å². The molecule has 0 aliphatic carbocycles. The first-order chi connectivity index (χ1) is 18.0. The molecular formula is C27H25N5O5. The number of anilines is 2. The van der Waals surface area contributed by atoms with Gasteiger partial charge in [-0.05, 0) is 60.5 Å². The molecule has 0 bridgehead atoms. The van der Waals surface area contributed by atoms with Gasteiger partial charge < -0.3 is 24.8 Å². The molecule has 2 aromatic carbocycles. The van der Waals surface area contributed by atoms with Gasteiger partial charge in [0.15, 0.2) is 18.2 Å². The number of hydrogen-bond acceptors (Lipinski definition) is 8. The topological polar surface area (TPSA) is 126 Å². The number of nitriles is 1. The molecule has 2 aliphatic heterocycles. The van der Waals surface area contributed by atoms with Crippen molar-refractivity contribution in [3.63, 3.8) is 0 Å². The quantitative estimate of drug-likeness (QED) is 0.452. The van der Waals surface area contributed by atoms with Crippen LogP contribution in [0.1, 0.15) is 17.5 Å². The van der Waals surface area contributed by atoms with Crippen LogP contribution in [0.4, 0.5) is 16.4 Å². The number of methoxy groups -OCH3 is 1. The Morgan fingerprint density at radius 3 is 2.95 bits per heavy atom. The molecule has 1 saturated heterocycles. The molecule has 0 spiro atoms. The number of carbonyl (C=O) groups excluding carboxylic acids is 2. The third-order valence-corrected chi connectivity index (χ3v) is 6.17. The summed E-state index contributed by atoms with van der Waals surface area (Å²) >= 11 is 0. The second-order valence-electron chi connectivity index (χ2n) is 8.66. The molecule has 10 nitrogen and oxygen atoms in total. The van der Waals surface area contributed by atoms with Crippen molar-refractivity contribution >= 4 is 23.6 Å². The molecule has 188 valence electrons. The number of pyridine rings is 1. The standard InChI is InChI=1S/C27H25N5O5/c1-35-20-6-5-19(13-28)22(12-20)18-4-2-3-17(11-18)14-29-10-9-21-15-32(27(34)37-21)24-8-7-23-26(30-24)31-25(33)16-36-23/h2-8,11-12,21,29H,9-10,14-16H2,1H3,(H,30,31,33)/t21-/m0/s1. The number of aromatic nitrogens is 1. The van der Waals surface area contributed by atoms with Crippen LogP contribution in [0.3, 0.4) is 0 Å². The van der Waals surface area contributed by atoms with Gasteiger partial charge in [-0.1, -0.05) is 18.2 Å². The molecule has 2 aliphatic rings. The molecule has 2 amide bonds. The van der Waals surface area contributed by atoms with Crippen LogP contribution in [0.5, 0.6) is 11.5 Å². The van der Waals surface area contributed by atoms with Crippen molar-refractivity contribution in [1.82, 2.24) is 10.3 Å². The van der Waals surface area contributed by atoms with Gasteiger partial charge in [0, 0.05) is 12.1 Å². The predicted molar refractivity (Wildman–Crippen MR) is 135 cm³/mol. The Morgan fingerprint density at radius 2 is 2.11 bits per heavy atom. The molecule has 1 aromatic heterocycles. The van der Waals surface area contributed by atoms with Crippen molar-refractivity contribution in [3.8, 4) is 28.7 Å². The number of nitrogens with one attached hydrogen (secondary N) is 2. The fraction of sp³-hybridized carbons (Fsp3) is 0.259. The maximum Gasteiger partial charge on any atom is 0.415 e. The zero-order valence-electron chi connectivity index (χ0n) is 20.2. The summed E-state index contributed by atoms with van der Waals surface area (Å²) in [4.78, 5) is 29.8. The number of ether oxygens (including phenoxy) is 3. The summed E-state index contributed by atoms with van der Waals surface area (Å²) in [6.45, 7) is 1.57. The summed E-state index contributed by atoms with van der Waals surface area (Å²) in [5.41, 5.74) is 3.41. The molecule has 10 heteroatoms. The van der Waals surface area contributed by atoms with E-state index in [0.29, 0.717) is 54.8 Å². The van der Waals surface area contributed by atoms with Gasteiger partial charge in [0.05, 0.1) is 25.3 Å². The van der Waals surface area contributed by atoms with Crippen LogP contribution in [0, 0.1) is 11.3 Å². The van der Waals surface area contributed by atoms with Gasteiger partial charge in [-0.2, -0.15) is 5.26 Å². The van der Waals surface area contributed by atoms with Crippen molar-refractivity contribution in [2.24, 2.45) is 0 Å². The zero-order chi connectivity index (χ0) is 25.8. The molecule has 3 heterocycles. The third kappa shape index (κ3) is 5.32.